The van der Waals surface area contributed by atoms with Crippen molar-refractivity contribution in [2.45, 2.75) is 6.04 Å². The first-order valence-corrected chi connectivity index (χ1v) is 9.36. The van der Waals surface area contributed by atoms with Crippen LogP contribution in [0.2, 0.25) is 5.02 Å². The van der Waals surface area contributed by atoms with Crippen molar-refractivity contribution < 1.29 is 14.3 Å². The van der Waals surface area contributed by atoms with E-state index in [1.54, 1.807) is 42.5 Å². The Morgan fingerprint density at radius 2 is 1.72 bits per heavy atom. The van der Waals surface area contributed by atoms with Gasteiger partial charge in [-0.3, -0.25) is 14.5 Å². The van der Waals surface area contributed by atoms with E-state index in [1.165, 1.54) is 17.0 Å². The fourth-order valence-electron chi connectivity index (χ4n) is 3.81. The van der Waals surface area contributed by atoms with Gasteiger partial charge >= 0.3 is 0 Å². The van der Waals surface area contributed by atoms with E-state index in [-0.39, 0.29) is 22.5 Å². The molecule has 2 heterocycles. The highest BCUT2D eigenvalue weighted by atomic mass is 35.5. The number of fused-ring (bicyclic) bond motifs is 2. The number of nitrogens with zero attached hydrogens (tertiary/aromatic N) is 1. The number of benzene rings is 3. The van der Waals surface area contributed by atoms with Crippen LogP contribution < -0.4 is 10.3 Å². The lowest BCUT2D eigenvalue weighted by atomic mass is 9.98. The number of carbonyl (C=O) groups is 1. The number of amides is 1. The molecule has 6 heteroatoms. The summed E-state index contributed by atoms with van der Waals surface area (Å²) in [7, 11) is 0. The molecule has 1 atom stereocenters. The molecule has 1 amide bonds. The summed E-state index contributed by atoms with van der Waals surface area (Å²) in [5.41, 5.74) is 1.45. The predicted molar refractivity (Wildman–Crippen MR) is 111 cm³/mol. The smallest absolute Gasteiger partial charge is 0.295 e. The Bertz CT molecular complexity index is 1330. The van der Waals surface area contributed by atoms with E-state index in [2.05, 4.69) is 0 Å². The molecule has 0 spiro atoms. The number of hydrogen-bond donors (Lipinski definition) is 1. The van der Waals surface area contributed by atoms with Gasteiger partial charge in [0.1, 0.15) is 11.3 Å². The van der Waals surface area contributed by atoms with Crippen LogP contribution in [0.1, 0.15) is 27.7 Å². The Hall–Kier alpha value is -3.57. The summed E-state index contributed by atoms with van der Waals surface area (Å²) in [6, 6.07) is 19.6. The lowest BCUT2D eigenvalue weighted by Gasteiger charge is -2.25. The minimum Gasteiger partial charge on any atom is -0.508 e. The van der Waals surface area contributed by atoms with Gasteiger partial charge < -0.3 is 9.52 Å². The van der Waals surface area contributed by atoms with Crippen LogP contribution in [0.15, 0.2) is 82.0 Å². The molecule has 1 N–H and O–H groups in total. The molecular formula is C23H14ClNO4. The van der Waals surface area contributed by atoms with Crippen molar-refractivity contribution in [2.75, 3.05) is 4.90 Å². The van der Waals surface area contributed by atoms with Crippen LogP contribution in [0.5, 0.6) is 5.75 Å². The fraction of sp³-hybridized carbons (Fsp3) is 0.0435. The largest absolute Gasteiger partial charge is 0.508 e. The molecule has 0 fully saturated rings. The topological polar surface area (TPSA) is 70.8 Å². The van der Waals surface area contributed by atoms with E-state index in [0.29, 0.717) is 27.2 Å². The van der Waals surface area contributed by atoms with Gasteiger partial charge in [0.2, 0.25) is 5.76 Å². The summed E-state index contributed by atoms with van der Waals surface area (Å²) < 4.78 is 5.87. The van der Waals surface area contributed by atoms with Crippen molar-refractivity contribution in [2.24, 2.45) is 0 Å². The second-order valence-corrected chi connectivity index (χ2v) is 7.26. The molecule has 0 bridgehead atoms. The Morgan fingerprint density at radius 1 is 0.931 bits per heavy atom. The van der Waals surface area contributed by atoms with Gasteiger partial charge in [0.25, 0.3) is 5.91 Å². The molecule has 5 rings (SSSR count). The lowest BCUT2D eigenvalue weighted by Crippen LogP contribution is -2.29. The zero-order valence-electron chi connectivity index (χ0n) is 15.0. The summed E-state index contributed by atoms with van der Waals surface area (Å²) in [5.74, 6) is -0.361. The number of phenolic OH excluding ortho intramolecular Hbond substituents is 1. The van der Waals surface area contributed by atoms with E-state index in [0.717, 1.165) is 0 Å². The van der Waals surface area contributed by atoms with Gasteiger partial charge in [-0.05, 0) is 48.0 Å². The molecule has 4 aromatic rings. The zero-order valence-corrected chi connectivity index (χ0v) is 15.8. The van der Waals surface area contributed by atoms with Crippen LogP contribution in [0.4, 0.5) is 5.69 Å². The van der Waals surface area contributed by atoms with Crippen LogP contribution in [0.3, 0.4) is 0 Å². The standard InChI is InChI=1S/C23H14ClNO4/c24-14-9-10-18-17(12-14)21(27)19-20(13-5-4-8-16(26)11-13)25(23(28)22(19)29-18)15-6-2-1-3-7-15/h1-12,20,26H. The first-order chi connectivity index (χ1) is 14.0. The molecule has 1 aromatic heterocycles. The normalized spacial score (nSPS) is 15.7. The zero-order chi connectivity index (χ0) is 20.1. The summed E-state index contributed by atoms with van der Waals surface area (Å²) in [6.45, 7) is 0. The third-order valence-electron chi connectivity index (χ3n) is 5.05. The molecule has 29 heavy (non-hydrogen) atoms. The second kappa shape index (κ2) is 6.50. The van der Waals surface area contributed by atoms with Crippen molar-refractivity contribution >= 4 is 34.2 Å². The number of anilines is 1. The maximum atomic E-state index is 13.4. The van der Waals surface area contributed by atoms with Crippen LogP contribution >= 0.6 is 11.6 Å². The number of para-hydroxylation sites is 1. The van der Waals surface area contributed by atoms with Gasteiger partial charge in [0.15, 0.2) is 5.43 Å². The predicted octanol–water partition coefficient (Wildman–Crippen LogP) is 4.90. The van der Waals surface area contributed by atoms with Crippen LogP contribution in [-0.4, -0.2) is 11.0 Å². The average molecular weight is 404 g/mol. The molecule has 5 nitrogen and oxygen atoms in total. The van der Waals surface area contributed by atoms with Gasteiger partial charge in [0, 0.05) is 10.7 Å². The molecule has 0 radical (unpaired) electrons. The Kier molecular flexibility index (Phi) is 3.93. The summed E-state index contributed by atoms with van der Waals surface area (Å²) >= 11 is 6.08. The van der Waals surface area contributed by atoms with Gasteiger partial charge in [-0.1, -0.05) is 41.9 Å². The first-order valence-electron chi connectivity index (χ1n) is 8.98. The van der Waals surface area contributed by atoms with Gasteiger partial charge in [-0.25, -0.2) is 0 Å². The van der Waals surface area contributed by atoms with Gasteiger partial charge in [-0.2, -0.15) is 0 Å². The molecule has 0 saturated carbocycles. The summed E-state index contributed by atoms with van der Waals surface area (Å²) in [5, 5.41) is 10.7. The first kappa shape index (κ1) is 17.5. The highest BCUT2D eigenvalue weighted by Gasteiger charge is 2.43. The minimum absolute atomic E-state index is 0.00187. The van der Waals surface area contributed by atoms with Crippen LogP contribution in [0, 0.1) is 0 Å². The maximum absolute atomic E-state index is 13.4. The number of carbonyl (C=O) groups excluding carboxylic acids is 1. The minimum atomic E-state index is -0.730. The SMILES string of the molecule is O=C1c2oc3ccc(Cl)cc3c(=O)c2C(c2cccc(O)c2)N1c1ccccc1. The maximum Gasteiger partial charge on any atom is 0.295 e. The average Bonchev–Trinajstić information content (AvgIpc) is 3.02. The van der Waals surface area contributed by atoms with Crippen molar-refractivity contribution in [3.05, 3.63) is 105 Å². The Morgan fingerprint density at radius 3 is 2.48 bits per heavy atom. The number of hydrogen-bond acceptors (Lipinski definition) is 4. The van der Waals surface area contributed by atoms with Crippen molar-refractivity contribution in [3.63, 3.8) is 0 Å². The fourth-order valence-corrected chi connectivity index (χ4v) is 3.98. The highest BCUT2D eigenvalue weighted by Crippen LogP contribution is 2.41. The van der Waals surface area contributed by atoms with E-state index in [9.17, 15) is 14.7 Å². The summed E-state index contributed by atoms with van der Waals surface area (Å²) in [4.78, 5) is 28.3. The van der Waals surface area contributed by atoms with E-state index in [1.807, 2.05) is 18.2 Å². The molecule has 1 unspecified atom stereocenters. The quantitative estimate of drug-likeness (QED) is 0.516. The van der Waals surface area contributed by atoms with Crippen LogP contribution in [0.25, 0.3) is 11.0 Å². The molecule has 0 aliphatic carbocycles. The van der Waals surface area contributed by atoms with Gasteiger partial charge in [0.05, 0.1) is 17.0 Å². The third kappa shape index (κ3) is 2.70. The van der Waals surface area contributed by atoms with Crippen molar-refractivity contribution in [3.8, 4) is 5.75 Å². The number of aromatic hydroxyl groups is 1. The second-order valence-electron chi connectivity index (χ2n) is 6.82. The van der Waals surface area contributed by atoms with Crippen molar-refractivity contribution in [1.82, 2.24) is 0 Å². The highest BCUT2D eigenvalue weighted by molar-refractivity contribution is 6.31. The summed E-state index contributed by atoms with van der Waals surface area (Å²) in [6.07, 6.45) is 0. The third-order valence-corrected chi connectivity index (χ3v) is 5.29. The lowest BCUT2D eigenvalue weighted by molar-refractivity contribution is 0.0971. The number of phenols is 1. The van der Waals surface area contributed by atoms with E-state index in [4.69, 9.17) is 16.0 Å². The number of halogens is 1. The molecule has 1 aliphatic rings. The molecule has 142 valence electrons. The number of rotatable bonds is 2. The van der Waals surface area contributed by atoms with Crippen LogP contribution in [-0.2, 0) is 0 Å². The van der Waals surface area contributed by atoms with Gasteiger partial charge in [-0.15, -0.1) is 0 Å². The molecule has 0 saturated heterocycles. The van der Waals surface area contributed by atoms with E-state index >= 15 is 0 Å². The Balaban J connectivity index is 1.84. The molecule has 3 aromatic carbocycles. The van der Waals surface area contributed by atoms with E-state index < -0.39 is 11.9 Å². The molecular weight excluding hydrogens is 390 g/mol. The monoisotopic (exact) mass is 403 g/mol. The Labute approximate surface area is 170 Å². The molecule has 1 aliphatic heterocycles. The van der Waals surface area contributed by atoms with Crippen molar-refractivity contribution in [1.29, 1.82) is 0 Å².